The van der Waals surface area contributed by atoms with Crippen LogP contribution in [-0.4, -0.2) is 17.9 Å². The summed E-state index contributed by atoms with van der Waals surface area (Å²) in [4.78, 5) is 12.5. The molecule has 2 rings (SSSR count). The van der Waals surface area contributed by atoms with E-state index in [-0.39, 0.29) is 5.91 Å². The minimum absolute atomic E-state index is 0.0101. The highest BCUT2D eigenvalue weighted by Crippen LogP contribution is 2.11. The first-order valence-electron chi connectivity index (χ1n) is 5.72. The summed E-state index contributed by atoms with van der Waals surface area (Å²) in [7, 11) is 0. The van der Waals surface area contributed by atoms with Crippen LogP contribution in [0.2, 0.25) is 0 Å². The van der Waals surface area contributed by atoms with Crippen molar-refractivity contribution in [1.29, 1.82) is 0 Å². The monoisotopic (exact) mass is 287 g/mol. The molecule has 0 atom stereocenters. The predicted molar refractivity (Wildman–Crippen MR) is 83.8 cm³/mol. The first-order chi connectivity index (χ1) is 9.28. The fourth-order valence-corrected chi connectivity index (χ4v) is 2.39. The van der Waals surface area contributed by atoms with Crippen molar-refractivity contribution in [2.24, 2.45) is 0 Å². The van der Waals surface area contributed by atoms with E-state index in [1.807, 2.05) is 48.0 Å². The molecule has 1 heterocycles. The van der Waals surface area contributed by atoms with E-state index in [9.17, 15) is 4.79 Å². The molecule has 0 aliphatic carbocycles. The maximum Gasteiger partial charge on any atom is 0.234 e. The molecule has 0 saturated carbocycles. The van der Waals surface area contributed by atoms with Gasteiger partial charge in [0.1, 0.15) is 0 Å². The zero-order chi connectivity index (χ0) is 13.5. The summed E-state index contributed by atoms with van der Waals surface area (Å²) in [6.07, 6.45) is 1.91. The molecule has 0 bridgehead atoms. The van der Waals surface area contributed by atoms with Gasteiger partial charge in [0, 0.05) is 11.3 Å². The molecule has 0 unspecified atom stereocenters. The van der Waals surface area contributed by atoms with Crippen LogP contribution in [-0.2, 0) is 4.79 Å². The second-order valence-electron chi connectivity index (χ2n) is 3.79. The molecule has 96 valence electrons. The van der Waals surface area contributed by atoms with Crippen LogP contribution in [0, 0.1) is 11.8 Å². The van der Waals surface area contributed by atoms with Crippen molar-refractivity contribution >= 4 is 34.7 Å². The number of thioether (sulfide) groups is 1. The van der Waals surface area contributed by atoms with Crippen molar-refractivity contribution in [1.82, 2.24) is 0 Å². The molecule has 0 radical (unpaired) electrons. The lowest BCUT2D eigenvalue weighted by Gasteiger charge is -2.03. The fourth-order valence-electron chi connectivity index (χ4n) is 1.49. The van der Waals surface area contributed by atoms with Gasteiger partial charge in [-0.25, -0.2) is 0 Å². The van der Waals surface area contributed by atoms with Gasteiger partial charge in [-0.3, -0.25) is 4.79 Å². The predicted octanol–water partition coefficient (Wildman–Crippen LogP) is 3.45. The Morgan fingerprint density at radius 1 is 1.32 bits per heavy atom. The molecule has 19 heavy (non-hydrogen) atoms. The second-order valence-corrected chi connectivity index (χ2v) is 5.60. The Labute approximate surface area is 121 Å². The van der Waals surface area contributed by atoms with Gasteiger partial charge in [-0.2, -0.15) is 11.8 Å². The zero-order valence-corrected chi connectivity index (χ0v) is 12.1. The summed E-state index contributed by atoms with van der Waals surface area (Å²) in [5, 5.41) is 4.85. The molecule has 2 aromatic rings. The number of benzene rings is 1. The third-order valence-electron chi connectivity index (χ3n) is 2.27. The average Bonchev–Trinajstić information content (AvgIpc) is 2.90. The molecule has 0 spiro atoms. The Balaban J connectivity index is 2.09. The quantitative estimate of drug-likeness (QED) is 0.876. The summed E-state index contributed by atoms with van der Waals surface area (Å²) in [5.74, 6) is 6.67. The standard InChI is InChI=1S/C15H13NOS2/c1-18-11-15(17)16-13-5-2-4-12(10-13)7-8-14-6-3-9-19-14/h2-6,9-10H,11H2,1H3,(H,16,17). The van der Waals surface area contributed by atoms with Crippen molar-refractivity contribution in [3.05, 3.63) is 52.2 Å². The number of amides is 1. The molecule has 1 amide bonds. The van der Waals surface area contributed by atoms with Crippen LogP contribution >= 0.6 is 23.1 Å². The molecular formula is C15H13NOS2. The van der Waals surface area contributed by atoms with Gasteiger partial charge in [0.05, 0.1) is 10.6 Å². The van der Waals surface area contributed by atoms with E-state index in [2.05, 4.69) is 17.2 Å². The van der Waals surface area contributed by atoms with Crippen LogP contribution in [0.5, 0.6) is 0 Å². The van der Waals surface area contributed by atoms with Gasteiger partial charge in [0.25, 0.3) is 0 Å². The minimum atomic E-state index is 0.0101. The summed E-state index contributed by atoms with van der Waals surface area (Å²) in [6, 6.07) is 11.6. The zero-order valence-electron chi connectivity index (χ0n) is 10.5. The number of rotatable bonds is 3. The lowest BCUT2D eigenvalue weighted by Crippen LogP contribution is -2.13. The molecule has 1 aromatic heterocycles. The van der Waals surface area contributed by atoms with Gasteiger partial charge in [-0.1, -0.05) is 24.0 Å². The molecule has 0 aliphatic heterocycles. The van der Waals surface area contributed by atoms with E-state index in [1.54, 1.807) is 11.3 Å². The number of carbonyl (C=O) groups is 1. The highest BCUT2D eigenvalue weighted by Gasteiger charge is 2.00. The van der Waals surface area contributed by atoms with Crippen molar-refractivity contribution in [3.8, 4) is 11.8 Å². The van der Waals surface area contributed by atoms with E-state index >= 15 is 0 Å². The summed E-state index contributed by atoms with van der Waals surface area (Å²) < 4.78 is 0. The third kappa shape index (κ3) is 4.47. The van der Waals surface area contributed by atoms with Crippen LogP contribution in [0.15, 0.2) is 41.8 Å². The molecular weight excluding hydrogens is 274 g/mol. The second kappa shape index (κ2) is 7.03. The summed E-state index contributed by atoms with van der Waals surface area (Å²) in [5.41, 5.74) is 1.69. The van der Waals surface area contributed by atoms with Crippen LogP contribution in [0.3, 0.4) is 0 Å². The average molecular weight is 287 g/mol. The molecule has 1 N–H and O–H groups in total. The number of nitrogens with one attached hydrogen (secondary N) is 1. The number of anilines is 1. The van der Waals surface area contributed by atoms with Gasteiger partial charge in [0.15, 0.2) is 0 Å². The van der Waals surface area contributed by atoms with Gasteiger partial charge in [-0.05, 0) is 35.9 Å². The van der Waals surface area contributed by atoms with E-state index in [0.717, 1.165) is 16.1 Å². The third-order valence-corrected chi connectivity index (χ3v) is 3.61. The SMILES string of the molecule is CSCC(=O)Nc1cccc(C#Cc2cccs2)c1. The first-order valence-corrected chi connectivity index (χ1v) is 7.99. The largest absolute Gasteiger partial charge is 0.325 e. The molecule has 1 aromatic carbocycles. The van der Waals surface area contributed by atoms with E-state index in [1.165, 1.54) is 11.8 Å². The smallest absolute Gasteiger partial charge is 0.234 e. The van der Waals surface area contributed by atoms with Crippen molar-refractivity contribution in [2.45, 2.75) is 0 Å². The lowest BCUT2D eigenvalue weighted by molar-refractivity contribution is -0.113. The van der Waals surface area contributed by atoms with Crippen molar-refractivity contribution in [2.75, 3.05) is 17.3 Å². The lowest BCUT2D eigenvalue weighted by atomic mass is 10.2. The Bertz CT molecular complexity index is 609. The van der Waals surface area contributed by atoms with Gasteiger partial charge < -0.3 is 5.32 Å². The highest BCUT2D eigenvalue weighted by molar-refractivity contribution is 7.99. The Morgan fingerprint density at radius 3 is 2.95 bits per heavy atom. The Kier molecular flexibility index (Phi) is 5.08. The number of hydrogen-bond donors (Lipinski definition) is 1. The minimum Gasteiger partial charge on any atom is -0.325 e. The molecule has 0 saturated heterocycles. The van der Waals surface area contributed by atoms with E-state index in [0.29, 0.717) is 5.75 Å². The number of thiophene rings is 1. The first kappa shape index (κ1) is 13.7. The van der Waals surface area contributed by atoms with Gasteiger partial charge in [-0.15, -0.1) is 11.3 Å². The molecule has 4 heteroatoms. The Morgan fingerprint density at radius 2 is 2.21 bits per heavy atom. The normalized spacial score (nSPS) is 9.53. The molecule has 0 aliphatic rings. The molecule has 2 nitrogen and oxygen atoms in total. The van der Waals surface area contributed by atoms with Crippen molar-refractivity contribution in [3.63, 3.8) is 0 Å². The summed E-state index contributed by atoms with van der Waals surface area (Å²) in [6.45, 7) is 0. The fraction of sp³-hybridized carbons (Fsp3) is 0.133. The van der Waals surface area contributed by atoms with Gasteiger partial charge >= 0.3 is 0 Å². The maximum atomic E-state index is 11.5. The van der Waals surface area contributed by atoms with Crippen molar-refractivity contribution < 1.29 is 4.79 Å². The number of carbonyl (C=O) groups excluding carboxylic acids is 1. The van der Waals surface area contributed by atoms with E-state index in [4.69, 9.17) is 0 Å². The van der Waals surface area contributed by atoms with Crippen LogP contribution in [0.4, 0.5) is 5.69 Å². The molecule has 0 fully saturated rings. The number of hydrogen-bond acceptors (Lipinski definition) is 3. The van der Waals surface area contributed by atoms with Crippen LogP contribution in [0.25, 0.3) is 0 Å². The van der Waals surface area contributed by atoms with Gasteiger partial charge in [0.2, 0.25) is 5.91 Å². The van der Waals surface area contributed by atoms with Crippen LogP contribution < -0.4 is 5.32 Å². The summed E-state index contributed by atoms with van der Waals surface area (Å²) >= 11 is 3.12. The maximum absolute atomic E-state index is 11.5. The van der Waals surface area contributed by atoms with Crippen LogP contribution in [0.1, 0.15) is 10.4 Å². The topological polar surface area (TPSA) is 29.1 Å². The Hall–Kier alpha value is -1.70. The highest BCUT2D eigenvalue weighted by atomic mass is 32.2. The van der Waals surface area contributed by atoms with E-state index < -0.39 is 0 Å².